The number of hydrogen-bond donors (Lipinski definition) is 3. The Kier molecular flexibility index (Phi) is 5.76. The van der Waals surface area contributed by atoms with E-state index in [1.54, 1.807) is 6.07 Å². The van der Waals surface area contributed by atoms with Gasteiger partial charge in [-0.3, -0.25) is 9.80 Å². The zero-order chi connectivity index (χ0) is 12.7. The Morgan fingerprint density at radius 2 is 2.29 bits per heavy atom. The van der Waals surface area contributed by atoms with Crippen LogP contribution in [0, 0.1) is 5.41 Å². The van der Waals surface area contributed by atoms with Crippen LogP contribution >= 0.6 is 15.9 Å². The van der Waals surface area contributed by atoms with Crippen molar-refractivity contribution in [1.82, 2.24) is 5.32 Å². The molecule has 0 saturated carbocycles. The molecule has 1 aromatic rings. The molecular weight excluding hydrogens is 289 g/mol. The highest BCUT2D eigenvalue weighted by Gasteiger charge is 2.03. The molecule has 0 atom stereocenters. The van der Waals surface area contributed by atoms with Crippen LogP contribution in [0.4, 0.5) is 4.39 Å². The first-order valence-electron chi connectivity index (χ1n) is 5.18. The van der Waals surface area contributed by atoms with Gasteiger partial charge < -0.3 is 15.8 Å². The van der Waals surface area contributed by atoms with Crippen LogP contribution in [0.2, 0.25) is 0 Å². The first-order valence-corrected chi connectivity index (χ1v) is 5.98. The minimum atomic E-state index is -0.377. The predicted octanol–water partition coefficient (Wildman–Crippen LogP) is 2.17. The zero-order valence-electron chi connectivity index (χ0n) is 9.30. The zero-order valence-corrected chi connectivity index (χ0v) is 10.9. The predicted molar refractivity (Wildman–Crippen MR) is 69.0 cm³/mol. The molecule has 0 aliphatic rings. The molecule has 17 heavy (non-hydrogen) atoms. The van der Waals surface area contributed by atoms with Crippen LogP contribution in [0.3, 0.4) is 0 Å². The van der Waals surface area contributed by atoms with E-state index in [2.05, 4.69) is 21.2 Å². The van der Waals surface area contributed by atoms with Crippen molar-refractivity contribution in [2.45, 2.75) is 13.0 Å². The Labute approximate surface area is 108 Å². The fourth-order valence-electron chi connectivity index (χ4n) is 1.21. The summed E-state index contributed by atoms with van der Waals surface area (Å²) in [7, 11) is 0. The molecule has 0 amide bonds. The molecule has 0 aromatic heterocycles. The Bertz CT molecular complexity index is 387. The molecule has 0 unspecified atom stereocenters. The first kappa shape index (κ1) is 13.8. The maximum Gasteiger partial charge on any atom is 0.185 e. The van der Waals surface area contributed by atoms with Crippen molar-refractivity contribution in [3.05, 3.63) is 28.2 Å². The summed E-state index contributed by atoms with van der Waals surface area (Å²) in [4.78, 5) is 0. The highest BCUT2D eigenvalue weighted by atomic mass is 79.9. The lowest BCUT2D eigenvalue weighted by Gasteiger charge is -2.09. The first-order chi connectivity index (χ1) is 8.13. The van der Waals surface area contributed by atoms with Gasteiger partial charge in [-0.1, -0.05) is 6.07 Å². The van der Waals surface area contributed by atoms with Crippen molar-refractivity contribution >= 4 is 21.9 Å². The van der Waals surface area contributed by atoms with E-state index >= 15 is 0 Å². The van der Waals surface area contributed by atoms with Gasteiger partial charge in [-0.05, 0) is 33.6 Å². The summed E-state index contributed by atoms with van der Waals surface area (Å²) in [5.74, 6) is 0.620. The standard InChI is InChI=1S/C11H15BrFN3O/c12-9-6-8(7-16-11(14)15)2-3-10(9)17-5-1-4-13/h2-3,6H,1,4-5,7H2,(H4,14,15,16). The van der Waals surface area contributed by atoms with Gasteiger partial charge in [0.1, 0.15) is 5.75 Å². The molecule has 0 aliphatic carbocycles. The van der Waals surface area contributed by atoms with Crippen molar-refractivity contribution in [2.75, 3.05) is 13.3 Å². The van der Waals surface area contributed by atoms with Crippen LogP contribution in [-0.2, 0) is 6.54 Å². The molecule has 0 radical (unpaired) electrons. The third-order valence-electron chi connectivity index (χ3n) is 2.01. The molecule has 0 heterocycles. The van der Waals surface area contributed by atoms with Crippen molar-refractivity contribution in [1.29, 1.82) is 5.41 Å². The minimum Gasteiger partial charge on any atom is -0.492 e. The molecule has 0 saturated heterocycles. The average molecular weight is 304 g/mol. The van der Waals surface area contributed by atoms with Crippen LogP contribution in [0.25, 0.3) is 0 Å². The lowest BCUT2D eigenvalue weighted by Crippen LogP contribution is -2.29. The highest BCUT2D eigenvalue weighted by Crippen LogP contribution is 2.26. The smallest absolute Gasteiger partial charge is 0.185 e. The number of guanidine groups is 1. The van der Waals surface area contributed by atoms with Crippen molar-refractivity contribution in [3.63, 3.8) is 0 Å². The summed E-state index contributed by atoms with van der Waals surface area (Å²) in [5.41, 5.74) is 6.17. The van der Waals surface area contributed by atoms with Crippen molar-refractivity contribution < 1.29 is 9.13 Å². The van der Waals surface area contributed by atoms with Gasteiger partial charge in [0.15, 0.2) is 5.96 Å². The number of benzene rings is 1. The van der Waals surface area contributed by atoms with E-state index in [9.17, 15) is 4.39 Å². The van der Waals surface area contributed by atoms with Crippen LogP contribution < -0.4 is 15.8 Å². The molecule has 1 aromatic carbocycles. The van der Waals surface area contributed by atoms with Gasteiger partial charge >= 0.3 is 0 Å². The summed E-state index contributed by atoms with van der Waals surface area (Å²) < 4.78 is 18.1. The highest BCUT2D eigenvalue weighted by molar-refractivity contribution is 9.10. The third kappa shape index (κ3) is 5.04. The monoisotopic (exact) mass is 303 g/mol. The van der Waals surface area contributed by atoms with Gasteiger partial charge in [0.2, 0.25) is 0 Å². The molecule has 0 bridgehead atoms. The quantitative estimate of drug-likeness (QED) is 0.428. The van der Waals surface area contributed by atoms with Crippen LogP contribution in [-0.4, -0.2) is 19.2 Å². The van der Waals surface area contributed by atoms with Gasteiger partial charge in [0.05, 0.1) is 17.8 Å². The van der Waals surface area contributed by atoms with Crippen molar-refractivity contribution in [2.24, 2.45) is 5.73 Å². The lowest BCUT2D eigenvalue weighted by atomic mass is 10.2. The molecular formula is C11H15BrFN3O. The summed E-state index contributed by atoms with van der Waals surface area (Å²) >= 11 is 3.37. The second-order valence-corrected chi connectivity index (χ2v) is 4.28. The number of nitrogens with two attached hydrogens (primary N) is 1. The molecule has 0 aliphatic heterocycles. The van der Waals surface area contributed by atoms with Crippen LogP contribution in [0.5, 0.6) is 5.75 Å². The van der Waals surface area contributed by atoms with Gasteiger partial charge in [0.25, 0.3) is 0 Å². The Morgan fingerprint density at radius 3 is 2.88 bits per heavy atom. The summed E-state index contributed by atoms with van der Waals surface area (Å²) in [6, 6.07) is 5.55. The summed E-state index contributed by atoms with van der Waals surface area (Å²) in [5, 5.41) is 9.76. The minimum absolute atomic E-state index is 0.0654. The normalized spacial score (nSPS) is 10.0. The van der Waals surface area contributed by atoms with Gasteiger partial charge in [0, 0.05) is 13.0 Å². The van der Waals surface area contributed by atoms with Crippen LogP contribution in [0.15, 0.2) is 22.7 Å². The molecule has 0 spiro atoms. The average Bonchev–Trinajstić information content (AvgIpc) is 2.29. The fraction of sp³-hybridized carbons (Fsp3) is 0.364. The lowest BCUT2D eigenvalue weighted by molar-refractivity contribution is 0.288. The molecule has 4 nitrogen and oxygen atoms in total. The van der Waals surface area contributed by atoms with E-state index < -0.39 is 0 Å². The van der Waals surface area contributed by atoms with Gasteiger partial charge in [-0.25, -0.2) is 0 Å². The number of alkyl halides is 1. The van der Waals surface area contributed by atoms with E-state index in [1.807, 2.05) is 12.1 Å². The van der Waals surface area contributed by atoms with Crippen LogP contribution in [0.1, 0.15) is 12.0 Å². The summed E-state index contributed by atoms with van der Waals surface area (Å²) in [6.07, 6.45) is 0.389. The van der Waals surface area contributed by atoms with E-state index in [0.717, 1.165) is 10.0 Å². The summed E-state index contributed by atoms with van der Waals surface area (Å²) in [6.45, 7) is 0.469. The molecule has 94 valence electrons. The SMILES string of the molecule is N=C(N)NCc1ccc(OCCCF)c(Br)c1. The maximum atomic E-state index is 11.9. The Balaban J connectivity index is 2.56. The van der Waals surface area contributed by atoms with E-state index in [1.165, 1.54) is 0 Å². The number of rotatable bonds is 6. The fourth-order valence-corrected chi connectivity index (χ4v) is 1.75. The van der Waals surface area contributed by atoms with E-state index in [0.29, 0.717) is 25.3 Å². The largest absolute Gasteiger partial charge is 0.492 e. The molecule has 6 heteroatoms. The van der Waals surface area contributed by atoms with E-state index in [4.69, 9.17) is 15.9 Å². The van der Waals surface area contributed by atoms with Gasteiger partial charge in [-0.15, -0.1) is 0 Å². The maximum absolute atomic E-state index is 11.9. The number of ether oxygens (including phenoxy) is 1. The Morgan fingerprint density at radius 1 is 1.53 bits per heavy atom. The molecule has 0 fully saturated rings. The Hall–Kier alpha value is -1.30. The second kappa shape index (κ2) is 7.11. The second-order valence-electron chi connectivity index (χ2n) is 3.42. The van der Waals surface area contributed by atoms with Gasteiger partial charge in [-0.2, -0.15) is 0 Å². The van der Waals surface area contributed by atoms with E-state index in [-0.39, 0.29) is 12.6 Å². The topological polar surface area (TPSA) is 71.1 Å². The number of halogens is 2. The van der Waals surface area contributed by atoms with Crippen molar-refractivity contribution in [3.8, 4) is 5.75 Å². The third-order valence-corrected chi connectivity index (χ3v) is 2.63. The number of hydrogen-bond acceptors (Lipinski definition) is 2. The molecule has 1 rings (SSSR count). The number of nitrogens with one attached hydrogen (secondary N) is 2. The molecule has 4 N–H and O–H groups in total.